The summed E-state index contributed by atoms with van der Waals surface area (Å²) in [4.78, 5) is 13.7. The molecule has 3 heteroatoms. The second kappa shape index (κ2) is 5.28. The Bertz CT molecular complexity index is 93.1. The zero-order chi connectivity index (χ0) is 7.11. The Balaban J connectivity index is 3.30. The van der Waals surface area contributed by atoms with E-state index in [1.54, 1.807) is 6.08 Å². The molecule has 0 N–H and O–H groups in total. The van der Waals surface area contributed by atoms with Crippen molar-refractivity contribution in [3.05, 3.63) is 17.6 Å². The molecule has 0 rings (SSSR count). The van der Waals surface area contributed by atoms with Gasteiger partial charge in [0.05, 0.1) is 0 Å². The summed E-state index contributed by atoms with van der Waals surface area (Å²) >= 11 is 0. The Morgan fingerprint density at radius 2 is 2.56 bits per heavy atom. The molecule has 0 aliphatic rings. The van der Waals surface area contributed by atoms with Gasteiger partial charge in [-0.05, 0) is 6.42 Å². The van der Waals surface area contributed by atoms with Crippen LogP contribution in [0.2, 0.25) is 0 Å². The molecule has 0 amide bonds. The van der Waals surface area contributed by atoms with Crippen LogP contribution >= 0.6 is 0 Å². The van der Waals surface area contributed by atoms with Crippen LogP contribution in [-0.2, 0) is 4.84 Å². The van der Waals surface area contributed by atoms with E-state index in [4.69, 9.17) is 0 Å². The van der Waals surface area contributed by atoms with Crippen molar-refractivity contribution in [2.45, 2.75) is 13.3 Å². The molecule has 0 aromatic heterocycles. The van der Waals surface area contributed by atoms with Crippen molar-refractivity contribution in [1.82, 2.24) is 0 Å². The van der Waals surface area contributed by atoms with Crippen molar-refractivity contribution >= 4 is 0 Å². The van der Waals surface area contributed by atoms with Gasteiger partial charge in [0.1, 0.15) is 6.61 Å². The molecule has 3 nitrogen and oxygen atoms in total. The molecule has 0 fully saturated rings. The molecule has 0 aromatic carbocycles. The molecular weight excluding hydrogens is 118 g/mol. The van der Waals surface area contributed by atoms with E-state index in [9.17, 15) is 4.91 Å². The summed E-state index contributed by atoms with van der Waals surface area (Å²) in [6.45, 7) is 5.91. The van der Waals surface area contributed by atoms with Crippen LogP contribution in [0.25, 0.3) is 0 Å². The monoisotopic (exact) mass is 129 g/mol. The summed E-state index contributed by atoms with van der Waals surface area (Å²) in [5.41, 5.74) is 0. The van der Waals surface area contributed by atoms with Gasteiger partial charge < -0.3 is 4.84 Å². The average Bonchev–Trinajstić information content (AvgIpc) is 1.91. The highest BCUT2D eigenvalue weighted by atomic mass is 16.7. The van der Waals surface area contributed by atoms with Gasteiger partial charge in [-0.15, -0.1) is 11.5 Å². The fourth-order valence-corrected chi connectivity index (χ4v) is 0.479. The molecule has 0 saturated carbocycles. The van der Waals surface area contributed by atoms with Crippen LogP contribution in [0.15, 0.2) is 18.0 Å². The molecule has 52 valence electrons. The van der Waals surface area contributed by atoms with Crippen molar-refractivity contribution in [1.29, 1.82) is 0 Å². The summed E-state index contributed by atoms with van der Waals surface area (Å²) in [7, 11) is 0. The fourth-order valence-electron chi connectivity index (χ4n) is 0.479. The van der Waals surface area contributed by atoms with E-state index in [0.29, 0.717) is 6.61 Å². The van der Waals surface area contributed by atoms with Crippen LogP contribution in [-0.4, -0.2) is 6.61 Å². The van der Waals surface area contributed by atoms with Gasteiger partial charge in [-0.1, -0.05) is 13.0 Å². The Morgan fingerprint density at radius 1 is 1.89 bits per heavy atom. The van der Waals surface area contributed by atoms with E-state index < -0.39 is 0 Å². The van der Waals surface area contributed by atoms with Gasteiger partial charge in [-0.3, -0.25) is 0 Å². The maximum absolute atomic E-state index is 9.43. The number of hydrogen-bond acceptors (Lipinski definition) is 3. The lowest BCUT2D eigenvalue weighted by molar-refractivity contribution is 0.116. The van der Waals surface area contributed by atoms with Crippen molar-refractivity contribution in [2.75, 3.05) is 6.61 Å². The molecule has 0 saturated heterocycles. The Kier molecular flexibility index (Phi) is 4.78. The summed E-state index contributed by atoms with van der Waals surface area (Å²) in [6.07, 6.45) is 2.68. The molecule has 9 heavy (non-hydrogen) atoms. The first-order chi connectivity index (χ1) is 4.35. The van der Waals surface area contributed by atoms with Gasteiger partial charge in [0.2, 0.25) is 0 Å². The second-order valence-electron chi connectivity index (χ2n) is 1.77. The van der Waals surface area contributed by atoms with Crippen LogP contribution in [0, 0.1) is 10.8 Å². The lowest BCUT2D eigenvalue weighted by Crippen LogP contribution is -2.01. The first-order valence-electron chi connectivity index (χ1n) is 2.92. The third-order valence-corrected chi connectivity index (χ3v) is 1.20. The molecule has 0 heterocycles. The maximum atomic E-state index is 9.43. The van der Waals surface area contributed by atoms with Crippen LogP contribution in [0.5, 0.6) is 0 Å². The van der Waals surface area contributed by atoms with E-state index in [1.807, 2.05) is 6.92 Å². The Labute approximate surface area is 54.6 Å². The van der Waals surface area contributed by atoms with Crippen LogP contribution in [0.1, 0.15) is 13.3 Å². The topological polar surface area (TPSA) is 38.7 Å². The minimum atomic E-state index is 0.252. The smallest absolute Gasteiger partial charge is 0.155 e. The van der Waals surface area contributed by atoms with Gasteiger partial charge in [0, 0.05) is 5.92 Å². The van der Waals surface area contributed by atoms with E-state index in [2.05, 4.69) is 16.8 Å². The molecule has 0 aliphatic heterocycles. The third-order valence-electron chi connectivity index (χ3n) is 1.20. The van der Waals surface area contributed by atoms with Crippen molar-refractivity contribution in [3.63, 3.8) is 0 Å². The number of hydrogen-bond donors (Lipinski definition) is 0. The van der Waals surface area contributed by atoms with E-state index in [1.165, 1.54) is 0 Å². The van der Waals surface area contributed by atoms with Gasteiger partial charge >= 0.3 is 0 Å². The van der Waals surface area contributed by atoms with E-state index >= 15 is 0 Å². The predicted octanol–water partition coefficient (Wildman–Crippen LogP) is 1.90. The standard InChI is InChI=1S/C6H11NO2/c1-3-6(4-2)5-9-7-8/h3,6H,1,4-5H2,2H3. The van der Waals surface area contributed by atoms with Gasteiger partial charge in [-0.25, -0.2) is 0 Å². The molecule has 1 atom stereocenters. The largest absolute Gasteiger partial charge is 0.363 e. The summed E-state index contributed by atoms with van der Waals surface area (Å²) in [5.74, 6) is 0.252. The summed E-state index contributed by atoms with van der Waals surface area (Å²) in [6, 6.07) is 0. The minimum Gasteiger partial charge on any atom is -0.363 e. The predicted molar refractivity (Wildman–Crippen MR) is 35.7 cm³/mol. The van der Waals surface area contributed by atoms with Crippen LogP contribution in [0.4, 0.5) is 0 Å². The zero-order valence-corrected chi connectivity index (χ0v) is 5.54. The van der Waals surface area contributed by atoms with Gasteiger partial charge in [0.15, 0.2) is 5.34 Å². The molecule has 1 unspecified atom stereocenters. The molecule has 0 bridgehead atoms. The lowest BCUT2D eigenvalue weighted by Gasteiger charge is -2.03. The van der Waals surface area contributed by atoms with Gasteiger partial charge in [0.25, 0.3) is 0 Å². The molecule has 0 spiro atoms. The SMILES string of the molecule is C=CC(CC)CON=O. The highest BCUT2D eigenvalue weighted by Crippen LogP contribution is 2.02. The fraction of sp³-hybridized carbons (Fsp3) is 0.667. The quantitative estimate of drug-likeness (QED) is 0.323. The highest BCUT2D eigenvalue weighted by molar-refractivity contribution is 4.76. The van der Waals surface area contributed by atoms with Crippen molar-refractivity contribution in [2.24, 2.45) is 11.3 Å². The number of nitrogens with zero attached hydrogens (tertiary/aromatic N) is 1. The van der Waals surface area contributed by atoms with Crippen LogP contribution < -0.4 is 0 Å². The lowest BCUT2D eigenvalue weighted by atomic mass is 10.1. The number of rotatable bonds is 5. The molecule has 0 aromatic rings. The summed E-state index contributed by atoms with van der Waals surface area (Å²) in [5, 5.41) is 2.27. The molecule has 0 radical (unpaired) electrons. The molecular formula is C6H11NO2. The second-order valence-corrected chi connectivity index (χ2v) is 1.77. The first-order valence-corrected chi connectivity index (χ1v) is 2.92. The normalized spacial score (nSPS) is 12.1. The Morgan fingerprint density at radius 3 is 2.89 bits per heavy atom. The van der Waals surface area contributed by atoms with E-state index in [0.717, 1.165) is 6.42 Å². The van der Waals surface area contributed by atoms with Crippen molar-refractivity contribution < 1.29 is 4.84 Å². The third kappa shape index (κ3) is 3.70. The average molecular weight is 129 g/mol. The maximum Gasteiger partial charge on any atom is 0.155 e. The zero-order valence-electron chi connectivity index (χ0n) is 5.54. The van der Waals surface area contributed by atoms with Crippen LogP contribution in [0.3, 0.4) is 0 Å². The van der Waals surface area contributed by atoms with Gasteiger partial charge in [-0.2, -0.15) is 0 Å². The highest BCUT2D eigenvalue weighted by Gasteiger charge is 1.99. The minimum absolute atomic E-state index is 0.252. The van der Waals surface area contributed by atoms with E-state index in [-0.39, 0.29) is 5.92 Å². The first kappa shape index (κ1) is 8.14. The molecule has 0 aliphatic carbocycles. The van der Waals surface area contributed by atoms with Crippen molar-refractivity contribution in [3.8, 4) is 0 Å². The Hall–Kier alpha value is -0.860. The summed E-state index contributed by atoms with van der Waals surface area (Å²) < 4.78 is 0.